The number of amides is 2. The number of aliphatic carboxylic acids is 1. The van der Waals surface area contributed by atoms with Gasteiger partial charge in [0, 0.05) is 7.05 Å². The fourth-order valence-electron chi connectivity index (χ4n) is 0.775. The Labute approximate surface area is 91.8 Å². The first-order valence-electron chi connectivity index (χ1n) is 4.34. The monoisotopic (exact) mass is 234 g/mol. The van der Waals surface area contributed by atoms with Gasteiger partial charge in [-0.15, -0.1) is 0 Å². The van der Waals surface area contributed by atoms with Gasteiger partial charge >= 0.3 is 18.0 Å². The molecule has 2 amide bonds. The second-order valence-electron chi connectivity index (χ2n) is 2.96. The fraction of sp³-hybridized carbons (Fsp3) is 0.625. The third-order valence-electron chi connectivity index (χ3n) is 1.72. The number of hydrogen-bond donors (Lipinski definition) is 3. The average Bonchev–Trinajstić information content (AvgIpc) is 2.24. The third kappa shape index (κ3) is 4.60. The zero-order chi connectivity index (χ0) is 12.7. The third-order valence-corrected chi connectivity index (χ3v) is 1.72. The Bertz CT molecular complexity index is 280. The molecule has 0 aromatic carbocycles. The lowest BCUT2D eigenvalue weighted by molar-refractivity contribution is -0.141. The van der Waals surface area contributed by atoms with Gasteiger partial charge in [-0.05, 0) is 0 Å². The number of esters is 1. The van der Waals surface area contributed by atoms with Gasteiger partial charge < -0.3 is 25.2 Å². The van der Waals surface area contributed by atoms with Crippen LogP contribution in [0.3, 0.4) is 0 Å². The van der Waals surface area contributed by atoms with Crippen LogP contribution in [0.1, 0.15) is 0 Å². The summed E-state index contributed by atoms with van der Waals surface area (Å²) in [4.78, 5) is 33.5. The molecule has 0 rings (SSSR count). The van der Waals surface area contributed by atoms with Gasteiger partial charge in [-0.25, -0.2) is 9.59 Å². The van der Waals surface area contributed by atoms with Crippen molar-refractivity contribution in [3.05, 3.63) is 0 Å². The van der Waals surface area contributed by atoms with Gasteiger partial charge in [0.2, 0.25) is 0 Å². The van der Waals surface area contributed by atoms with Crippen molar-refractivity contribution in [2.45, 2.75) is 6.04 Å². The van der Waals surface area contributed by atoms with Crippen LogP contribution in [0.5, 0.6) is 0 Å². The number of urea groups is 1. The number of nitrogens with zero attached hydrogens (tertiary/aromatic N) is 1. The van der Waals surface area contributed by atoms with Crippen LogP contribution >= 0.6 is 0 Å². The maximum Gasteiger partial charge on any atom is 0.328 e. The number of hydrogen-bond acceptors (Lipinski definition) is 5. The summed E-state index contributed by atoms with van der Waals surface area (Å²) >= 11 is 0. The van der Waals surface area contributed by atoms with Crippen molar-refractivity contribution in [3.8, 4) is 0 Å². The lowest BCUT2D eigenvalue weighted by atomic mass is 10.3. The highest BCUT2D eigenvalue weighted by Gasteiger charge is 2.21. The van der Waals surface area contributed by atoms with Gasteiger partial charge in [-0.1, -0.05) is 0 Å². The summed E-state index contributed by atoms with van der Waals surface area (Å²) in [6, 6.07) is -2.18. The minimum absolute atomic E-state index is 0.305. The van der Waals surface area contributed by atoms with Gasteiger partial charge in [-0.2, -0.15) is 0 Å². The van der Waals surface area contributed by atoms with E-state index in [0.717, 1.165) is 4.90 Å². The number of carboxylic acid groups (broad SMARTS) is 1. The van der Waals surface area contributed by atoms with Crippen LogP contribution in [0, 0.1) is 0 Å². The van der Waals surface area contributed by atoms with Crippen LogP contribution < -0.4 is 5.32 Å². The van der Waals surface area contributed by atoms with Crippen LogP contribution in [0.2, 0.25) is 0 Å². The molecule has 8 nitrogen and oxygen atoms in total. The van der Waals surface area contributed by atoms with Crippen molar-refractivity contribution in [2.75, 3.05) is 27.3 Å². The standard InChI is InChI=1S/C8H14N2O6/c1-10(3-6(12)16-2)8(15)9-5(4-11)7(13)14/h5,11H,3-4H2,1-2H3,(H,9,15)(H,13,14). The van der Waals surface area contributed by atoms with Crippen molar-refractivity contribution >= 4 is 18.0 Å². The molecule has 1 unspecified atom stereocenters. The van der Waals surface area contributed by atoms with Crippen LogP contribution in [-0.2, 0) is 14.3 Å². The number of likely N-dealkylation sites (N-methyl/N-ethyl adjacent to an activating group) is 1. The summed E-state index contributed by atoms with van der Waals surface area (Å²) in [5, 5.41) is 19.2. The lowest BCUT2D eigenvalue weighted by Gasteiger charge is -2.19. The molecule has 0 radical (unpaired) electrons. The summed E-state index contributed by atoms with van der Waals surface area (Å²) in [6.45, 7) is -1.03. The summed E-state index contributed by atoms with van der Waals surface area (Å²) in [7, 11) is 2.46. The lowest BCUT2D eigenvalue weighted by Crippen LogP contribution is -2.49. The second-order valence-corrected chi connectivity index (χ2v) is 2.96. The van der Waals surface area contributed by atoms with Crippen LogP contribution in [0.4, 0.5) is 4.79 Å². The number of rotatable bonds is 5. The Kier molecular flexibility index (Phi) is 5.86. The molecule has 0 aromatic heterocycles. The van der Waals surface area contributed by atoms with Gasteiger partial charge in [0.1, 0.15) is 6.54 Å². The van der Waals surface area contributed by atoms with Gasteiger partial charge in [-0.3, -0.25) is 4.79 Å². The molecule has 0 aliphatic carbocycles. The highest BCUT2D eigenvalue weighted by molar-refractivity contribution is 5.85. The maximum atomic E-state index is 11.3. The summed E-state index contributed by atoms with van der Waals surface area (Å²) < 4.78 is 4.32. The number of methoxy groups -OCH3 is 1. The zero-order valence-corrected chi connectivity index (χ0v) is 8.97. The van der Waals surface area contributed by atoms with Crippen LogP contribution in [-0.4, -0.2) is 66.4 Å². The second kappa shape index (κ2) is 6.62. The maximum absolute atomic E-state index is 11.3. The van der Waals surface area contributed by atoms with E-state index >= 15 is 0 Å². The van der Waals surface area contributed by atoms with E-state index in [0.29, 0.717) is 0 Å². The Morgan fingerprint density at radius 2 is 2.00 bits per heavy atom. The van der Waals surface area contributed by atoms with Crippen molar-refractivity contribution in [1.29, 1.82) is 0 Å². The molecule has 0 aliphatic heterocycles. The van der Waals surface area contributed by atoms with Gasteiger partial charge in [0.05, 0.1) is 13.7 Å². The molecule has 0 heterocycles. The quantitative estimate of drug-likeness (QED) is 0.485. The number of carboxylic acids is 1. The van der Waals surface area contributed by atoms with E-state index in [2.05, 4.69) is 4.74 Å². The molecule has 0 bridgehead atoms. The minimum atomic E-state index is -1.40. The Morgan fingerprint density at radius 3 is 2.38 bits per heavy atom. The molecule has 0 fully saturated rings. The highest BCUT2D eigenvalue weighted by Crippen LogP contribution is 1.90. The fourth-order valence-corrected chi connectivity index (χ4v) is 0.775. The molecule has 16 heavy (non-hydrogen) atoms. The largest absolute Gasteiger partial charge is 0.480 e. The number of aliphatic hydroxyl groups excluding tert-OH is 1. The van der Waals surface area contributed by atoms with Crippen LogP contribution in [0.25, 0.3) is 0 Å². The number of aliphatic hydroxyl groups is 1. The van der Waals surface area contributed by atoms with E-state index in [1.165, 1.54) is 14.2 Å². The molecule has 0 saturated carbocycles. The first kappa shape index (κ1) is 14.2. The minimum Gasteiger partial charge on any atom is -0.480 e. The average molecular weight is 234 g/mol. The zero-order valence-electron chi connectivity index (χ0n) is 8.97. The van der Waals surface area contributed by atoms with E-state index in [1.54, 1.807) is 0 Å². The van der Waals surface area contributed by atoms with Crippen LogP contribution in [0.15, 0.2) is 0 Å². The number of carbonyl (C=O) groups is 3. The molecular weight excluding hydrogens is 220 g/mol. The highest BCUT2D eigenvalue weighted by atomic mass is 16.5. The summed E-state index contributed by atoms with van der Waals surface area (Å²) in [5.41, 5.74) is 0. The molecular formula is C8H14N2O6. The number of ether oxygens (including phenoxy) is 1. The molecule has 8 heteroatoms. The predicted octanol–water partition coefficient (Wildman–Crippen LogP) is -1.75. The van der Waals surface area contributed by atoms with E-state index in [-0.39, 0.29) is 6.54 Å². The van der Waals surface area contributed by atoms with E-state index < -0.39 is 30.6 Å². The predicted molar refractivity (Wildman–Crippen MR) is 51.7 cm³/mol. The number of nitrogens with one attached hydrogen (secondary N) is 1. The van der Waals surface area contributed by atoms with Crippen molar-refractivity contribution in [3.63, 3.8) is 0 Å². The Hall–Kier alpha value is -1.83. The first-order valence-corrected chi connectivity index (χ1v) is 4.34. The molecule has 0 aliphatic rings. The van der Waals surface area contributed by atoms with E-state index in [4.69, 9.17) is 10.2 Å². The normalized spacial score (nSPS) is 11.4. The molecule has 92 valence electrons. The van der Waals surface area contributed by atoms with Gasteiger partial charge in [0.15, 0.2) is 6.04 Å². The molecule has 0 saturated heterocycles. The van der Waals surface area contributed by atoms with Crippen molar-refractivity contribution in [2.24, 2.45) is 0 Å². The van der Waals surface area contributed by atoms with Crippen molar-refractivity contribution in [1.82, 2.24) is 10.2 Å². The topological polar surface area (TPSA) is 116 Å². The summed E-state index contributed by atoms with van der Waals surface area (Å²) in [6.07, 6.45) is 0. The number of carbonyl (C=O) groups excluding carboxylic acids is 2. The van der Waals surface area contributed by atoms with Crippen molar-refractivity contribution < 1.29 is 29.3 Å². The Balaban J connectivity index is 4.23. The molecule has 0 spiro atoms. The smallest absolute Gasteiger partial charge is 0.328 e. The van der Waals surface area contributed by atoms with E-state index in [1.807, 2.05) is 5.32 Å². The molecule has 0 aromatic rings. The first-order chi connectivity index (χ1) is 7.42. The Morgan fingerprint density at radius 1 is 1.44 bits per heavy atom. The summed E-state index contributed by atoms with van der Waals surface area (Å²) in [5.74, 6) is -1.99. The molecule has 1 atom stereocenters. The molecule has 3 N–H and O–H groups in total. The van der Waals surface area contributed by atoms with Gasteiger partial charge in [0.25, 0.3) is 0 Å². The SMILES string of the molecule is COC(=O)CN(C)C(=O)NC(CO)C(=O)O. The van der Waals surface area contributed by atoms with E-state index in [9.17, 15) is 14.4 Å².